The Kier molecular flexibility index (Phi) is 6.19. The molecule has 0 bridgehead atoms. The van der Waals surface area contributed by atoms with Crippen molar-refractivity contribution >= 4 is 56.8 Å². The minimum absolute atomic E-state index is 0.125. The van der Waals surface area contributed by atoms with Crippen molar-refractivity contribution in [3.05, 3.63) is 96.9 Å². The van der Waals surface area contributed by atoms with Crippen molar-refractivity contribution in [1.82, 2.24) is 0 Å². The predicted octanol–water partition coefficient (Wildman–Crippen LogP) is 6.81. The first-order valence-electron chi connectivity index (χ1n) is 9.23. The van der Waals surface area contributed by atoms with E-state index in [2.05, 4.69) is 15.9 Å². The highest BCUT2D eigenvalue weighted by Crippen LogP contribution is 2.39. The van der Waals surface area contributed by atoms with E-state index in [-0.39, 0.29) is 23.7 Å². The molecule has 1 aliphatic rings. The molecule has 3 aromatic rings. The first kappa shape index (κ1) is 21.6. The summed E-state index contributed by atoms with van der Waals surface area (Å²) >= 11 is 15.5. The summed E-state index contributed by atoms with van der Waals surface area (Å²) in [5.74, 6) is 0.381. The topological polar surface area (TPSA) is 52.6 Å². The summed E-state index contributed by atoms with van der Waals surface area (Å²) < 4.78 is 12.0. The van der Waals surface area contributed by atoms with Gasteiger partial charge in [0.2, 0.25) is 0 Å². The molecule has 4 rings (SSSR count). The summed E-state index contributed by atoms with van der Waals surface area (Å²) in [6.45, 7) is 0.249. The van der Waals surface area contributed by atoms with E-state index >= 15 is 0 Å². The van der Waals surface area contributed by atoms with Gasteiger partial charge in [-0.25, -0.2) is 0 Å². The van der Waals surface area contributed by atoms with Crippen molar-refractivity contribution in [2.45, 2.75) is 6.61 Å². The fourth-order valence-electron chi connectivity index (χ4n) is 3.32. The number of halogens is 3. The Bertz CT molecular complexity index is 1210. The second-order valence-corrected chi connectivity index (χ2v) is 8.50. The van der Waals surface area contributed by atoms with E-state index in [1.807, 2.05) is 6.07 Å². The van der Waals surface area contributed by atoms with E-state index in [9.17, 15) is 9.59 Å². The first-order valence-corrected chi connectivity index (χ1v) is 10.8. The standard InChI is InChI=1S/C24H15BrCl2O4/c1-30-21-11-14(8-17-22(28)15-4-2-3-5-16(15)23(17)29)9-18(25)24(21)31-12-13-6-7-19(26)20(27)10-13/h2-11H,12H2,1H3. The maximum Gasteiger partial charge on any atom is 0.197 e. The predicted molar refractivity (Wildman–Crippen MR) is 125 cm³/mol. The number of methoxy groups -OCH3 is 1. The van der Waals surface area contributed by atoms with Gasteiger partial charge in [0.1, 0.15) is 6.61 Å². The van der Waals surface area contributed by atoms with Crippen molar-refractivity contribution < 1.29 is 19.1 Å². The van der Waals surface area contributed by atoms with Gasteiger partial charge in [-0.2, -0.15) is 0 Å². The van der Waals surface area contributed by atoms with E-state index in [1.165, 1.54) is 7.11 Å². The highest BCUT2D eigenvalue weighted by atomic mass is 79.9. The zero-order valence-corrected chi connectivity index (χ0v) is 19.3. The van der Waals surface area contributed by atoms with Gasteiger partial charge >= 0.3 is 0 Å². The number of fused-ring (bicyclic) bond motifs is 1. The summed E-state index contributed by atoms with van der Waals surface area (Å²) in [5.41, 5.74) is 2.45. The lowest BCUT2D eigenvalue weighted by Crippen LogP contribution is -2.01. The molecular weight excluding hydrogens is 503 g/mol. The van der Waals surface area contributed by atoms with Gasteiger partial charge in [-0.3, -0.25) is 9.59 Å². The molecule has 0 heterocycles. The van der Waals surface area contributed by atoms with Gasteiger partial charge < -0.3 is 9.47 Å². The van der Waals surface area contributed by atoms with Crippen LogP contribution in [0.15, 0.2) is 64.6 Å². The fourth-order valence-corrected chi connectivity index (χ4v) is 4.21. The molecule has 1 aliphatic carbocycles. The quantitative estimate of drug-likeness (QED) is 0.275. The number of carbonyl (C=O) groups is 2. The molecular formula is C24H15BrCl2O4. The molecule has 0 atom stereocenters. The lowest BCUT2D eigenvalue weighted by molar-refractivity contribution is 0.0990. The number of Topliss-reactive ketones (excluding diaryl/α,β-unsaturated/α-hetero) is 2. The lowest BCUT2D eigenvalue weighted by Gasteiger charge is -2.14. The van der Waals surface area contributed by atoms with Crippen molar-refractivity contribution in [2.75, 3.05) is 7.11 Å². The van der Waals surface area contributed by atoms with Crippen molar-refractivity contribution in [3.8, 4) is 11.5 Å². The SMILES string of the molecule is COc1cc(C=C2C(=O)c3ccccc3C2=O)cc(Br)c1OCc1ccc(Cl)c(Cl)c1. The zero-order chi connectivity index (χ0) is 22.1. The van der Waals surface area contributed by atoms with Crippen LogP contribution in [0.2, 0.25) is 10.0 Å². The number of hydrogen-bond acceptors (Lipinski definition) is 4. The highest BCUT2D eigenvalue weighted by molar-refractivity contribution is 9.10. The van der Waals surface area contributed by atoms with Crippen LogP contribution in [-0.2, 0) is 6.61 Å². The first-order chi connectivity index (χ1) is 14.9. The summed E-state index contributed by atoms with van der Waals surface area (Å²) in [7, 11) is 1.52. The van der Waals surface area contributed by atoms with E-state index in [1.54, 1.807) is 54.6 Å². The molecule has 0 radical (unpaired) electrons. The largest absolute Gasteiger partial charge is 0.493 e. The van der Waals surface area contributed by atoms with Crippen LogP contribution in [0.4, 0.5) is 0 Å². The van der Waals surface area contributed by atoms with Crippen LogP contribution in [0.1, 0.15) is 31.8 Å². The highest BCUT2D eigenvalue weighted by Gasteiger charge is 2.32. The molecule has 0 aliphatic heterocycles. The van der Waals surface area contributed by atoms with Gasteiger partial charge in [0.15, 0.2) is 23.1 Å². The monoisotopic (exact) mass is 516 g/mol. The third-order valence-corrected chi connectivity index (χ3v) is 6.16. The minimum atomic E-state index is -0.282. The molecule has 0 unspecified atom stereocenters. The van der Waals surface area contributed by atoms with Gasteiger partial charge in [-0.1, -0.05) is 53.5 Å². The van der Waals surface area contributed by atoms with E-state index < -0.39 is 0 Å². The van der Waals surface area contributed by atoms with Crippen LogP contribution in [0.5, 0.6) is 11.5 Å². The normalized spacial score (nSPS) is 12.7. The minimum Gasteiger partial charge on any atom is -0.493 e. The van der Waals surface area contributed by atoms with E-state index in [0.717, 1.165) is 5.56 Å². The Labute approximate surface area is 197 Å². The molecule has 31 heavy (non-hydrogen) atoms. The number of rotatable bonds is 5. The molecule has 0 amide bonds. The second-order valence-electron chi connectivity index (χ2n) is 6.83. The number of ether oxygens (including phenoxy) is 2. The van der Waals surface area contributed by atoms with Crippen LogP contribution in [0.25, 0.3) is 6.08 Å². The molecule has 0 aromatic heterocycles. The average Bonchev–Trinajstić information content (AvgIpc) is 3.00. The Morgan fingerprint density at radius 1 is 0.935 bits per heavy atom. The van der Waals surface area contributed by atoms with Crippen LogP contribution < -0.4 is 9.47 Å². The molecule has 0 saturated heterocycles. The fraction of sp³-hybridized carbons (Fsp3) is 0.0833. The lowest BCUT2D eigenvalue weighted by atomic mass is 10.1. The van der Waals surface area contributed by atoms with Crippen LogP contribution in [0, 0.1) is 0 Å². The van der Waals surface area contributed by atoms with Gasteiger partial charge in [0, 0.05) is 11.1 Å². The van der Waals surface area contributed by atoms with Crippen LogP contribution in [0.3, 0.4) is 0 Å². The summed E-state index contributed by atoms with van der Waals surface area (Å²) in [6.07, 6.45) is 1.57. The van der Waals surface area contributed by atoms with Crippen LogP contribution >= 0.6 is 39.1 Å². The van der Waals surface area contributed by atoms with E-state index in [4.69, 9.17) is 32.7 Å². The molecule has 0 saturated carbocycles. The van der Waals surface area contributed by atoms with Crippen molar-refractivity contribution in [2.24, 2.45) is 0 Å². The Morgan fingerprint density at radius 3 is 2.23 bits per heavy atom. The number of benzene rings is 3. The number of carbonyl (C=O) groups excluding carboxylic acids is 2. The molecule has 7 heteroatoms. The third-order valence-electron chi connectivity index (χ3n) is 4.84. The second kappa shape index (κ2) is 8.87. The Hall–Kier alpha value is -2.60. The summed E-state index contributed by atoms with van der Waals surface area (Å²) in [5, 5.41) is 0.919. The van der Waals surface area contributed by atoms with E-state index in [0.29, 0.717) is 42.7 Å². The average molecular weight is 518 g/mol. The Morgan fingerprint density at radius 2 is 1.61 bits per heavy atom. The molecule has 0 fully saturated rings. The van der Waals surface area contributed by atoms with Crippen LogP contribution in [-0.4, -0.2) is 18.7 Å². The summed E-state index contributed by atoms with van der Waals surface area (Å²) in [4.78, 5) is 25.3. The number of allylic oxidation sites excluding steroid dienone is 1. The molecule has 156 valence electrons. The molecule has 3 aromatic carbocycles. The van der Waals surface area contributed by atoms with Gasteiger partial charge in [-0.15, -0.1) is 0 Å². The Balaban J connectivity index is 1.62. The number of ketones is 2. The number of hydrogen-bond donors (Lipinski definition) is 0. The smallest absolute Gasteiger partial charge is 0.197 e. The molecule has 0 N–H and O–H groups in total. The van der Waals surface area contributed by atoms with Crippen molar-refractivity contribution in [3.63, 3.8) is 0 Å². The molecule has 0 spiro atoms. The maximum absolute atomic E-state index is 12.7. The third kappa shape index (κ3) is 4.26. The van der Waals surface area contributed by atoms with Gasteiger partial charge in [0.05, 0.1) is 27.2 Å². The summed E-state index contributed by atoms with van der Waals surface area (Å²) in [6, 6.07) is 15.5. The van der Waals surface area contributed by atoms with Gasteiger partial charge in [0.25, 0.3) is 0 Å². The van der Waals surface area contributed by atoms with Crippen molar-refractivity contribution in [1.29, 1.82) is 0 Å². The zero-order valence-electron chi connectivity index (χ0n) is 16.2. The molecule has 4 nitrogen and oxygen atoms in total. The maximum atomic E-state index is 12.7. The van der Waals surface area contributed by atoms with Gasteiger partial charge in [-0.05, 0) is 57.4 Å².